The zero-order valence-corrected chi connectivity index (χ0v) is 41.6. The van der Waals surface area contributed by atoms with Crippen molar-refractivity contribution in [1.82, 2.24) is 19.7 Å². The molecule has 0 bridgehead atoms. The standard InChI is InChI=1S/C52H83N5O5S2/c1-4-6-7-8-9-10-11-12-13-14-15-16-17-18-19-20-21-22-41-62-46-23-25-47(26-24-46)64(60,61)51-43-53-50-28-27-48(63(3,58)59)42-49(50)52(51)57-35-31-45(32-36-57)56-39-37-55(38-40-56)44-29-33-54(5-2)34-30-44/h23-28,42-45H,4-22,29-41H2,1-3H3. The average molecular weight is 922 g/mol. The molecule has 64 heavy (non-hydrogen) atoms. The van der Waals surface area contributed by atoms with Gasteiger partial charge < -0.3 is 14.5 Å². The summed E-state index contributed by atoms with van der Waals surface area (Å²) < 4.78 is 60.6. The minimum Gasteiger partial charge on any atom is -0.494 e. The third-order valence-corrected chi connectivity index (χ3v) is 17.4. The third kappa shape index (κ3) is 14.9. The maximum atomic E-state index is 14.5. The van der Waals surface area contributed by atoms with Crippen LogP contribution in [0.1, 0.15) is 155 Å². The summed E-state index contributed by atoms with van der Waals surface area (Å²) in [6.07, 6.45) is 31.1. The van der Waals surface area contributed by atoms with E-state index in [1.807, 2.05) is 0 Å². The Bertz CT molecular complexity index is 2040. The fourth-order valence-corrected chi connectivity index (χ4v) is 12.5. The molecule has 3 aliphatic heterocycles. The number of likely N-dealkylation sites (tertiary alicyclic amines) is 1. The van der Waals surface area contributed by atoms with Crippen LogP contribution in [0.15, 0.2) is 63.3 Å². The van der Waals surface area contributed by atoms with Crippen LogP contribution in [0.3, 0.4) is 0 Å². The van der Waals surface area contributed by atoms with Crippen LogP contribution >= 0.6 is 0 Å². The number of nitrogens with zero attached hydrogens (tertiary/aromatic N) is 5. The molecular weight excluding hydrogens is 839 g/mol. The summed E-state index contributed by atoms with van der Waals surface area (Å²) in [6, 6.07) is 12.7. The van der Waals surface area contributed by atoms with E-state index in [1.54, 1.807) is 42.5 Å². The Labute approximate surface area is 388 Å². The van der Waals surface area contributed by atoms with Crippen molar-refractivity contribution in [3.05, 3.63) is 48.7 Å². The molecule has 358 valence electrons. The van der Waals surface area contributed by atoms with Gasteiger partial charge in [-0.25, -0.2) is 16.8 Å². The Morgan fingerprint density at radius 1 is 0.578 bits per heavy atom. The number of anilines is 1. The highest BCUT2D eigenvalue weighted by molar-refractivity contribution is 7.91. The molecule has 0 unspecified atom stereocenters. The number of fused-ring (bicyclic) bond motifs is 1. The van der Waals surface area contributed by atoms with Crippen LogP contribution < -0.4 is 9.64 Å². The topological polar surface area (TPSA) is 103 Å². The number of pyridine rings is 1. The van der Waals surface area contributed by atoms with Crippen LogP contribution in [0, 0.1) is 0 Å². The quantitative estimate of drug-likeness (QED) is 0.0687. The molecule has 10 nitrogen and oxygen atoms in total. The number of piperidine rings is 2. The number of ether oxygens (including phenoxy) is 1. The van der Waals surface area contributed by atoms with E-state index in [4.69, 9.17) is 4.74 Å². The van der Waals surface area contributed by atoms with Crippen molar-refractivity contribution in [1.29, 1.82) is 0 Å². The zero-order chi connectivity index (χ0) is 45.2. The summed E-state index contributed by atoms with van der Waals surface area (Å²) in [5.74, 6) is 0.658. The molecular formula is C52H83N5O5S2. The first-order valence-corrected chi connectivity index (χ1v) is 29.0. The van der Waals surface area contributed by atoms with Gasteiger partial charge in [-0.15, -0.1) is 0 Å². The highest BCUT2D eigenvalue weighted by atomic mass is 32.2. The second-order valence-corrected chi connectivity index (χ2v) is 23.1. The molecule has 3 aromatic rings. The highest BCUT2D eigenvalue weighted by Gasteiger charge is 2.34. The molecule has 0 aliphatic carbocycles. The van der Waals surface area contributed by atoms with Gasteiger partial charge in [0.05, 0.1) is 27.6 Å². The van der Waals surface area contributed by atoms with Gasteiger partial charge in [0.1, 0.15) is 10.6 Å². The maximum Gasteiger partial charge on any atom is 0.210 e. The van der Waals surface area contributed by atoms with Gasteiger partial charge in [0.2, 0.25) is 9.84 Å². The van der Waals surface area contributed by atoms with Gasteiger partial charge in [0.15, 0.2) is 9.84 Å². The molecule has 4 heterocycles. The summed E-state index contributed by atoms with van der Waals surface area (Å²) >= 11 is 0. The molecule has 6 rings (SSSR count). The lowest BCUT2D eigenvalue weighted by Gasteiger charge is -2.46. The SMILES string of the molecule is CCCCCCCCCCCCCCCCCCCCOc1ccc(S(=O)(=O)c2cnc3ccc(S(C)(=O)=O)cc3c2N2CCC(N3CCN(C4CCN(CC)CC4)CC3)CC2)cc1. The molecule has 3 fully saturated rings. The van der Waals surface area contributed by atoms with Crippen LogP contribution in [-0.4, -0.2) is 120 Å². The van der Waals surface area contributed by atoms with Crippen molar-refractivity contribution in [2.75, 3.05) is 76.7 Å². The Morgan fingerprint density at radius 2 is 1.05 bits per heavy atom. The maximum absolute atomic E-state index is 14.5. The Balaban J connectivity index is 0.965. The smallest absolute Gasteiger partial charge is 0.210 e. The molecule has 3 aliphatic rings. The molecule has 0 N–H and O–H groups in total. The normalized spacial score (nSPS) is 18.0. The summed E-state index contributed by atoms with van der Waals surface area (Å²) in [4.78, 5) is 15.1. The van der Waals surface area contributed by atoms with Gasteiger partial charge in [-0.3, -0.25) is 14.8 Å². The highest BCUT2D eigenvalue weighted by Crippen LogP contribution is 2.39. The van der Waals surface area contributed by atoms with E-state index in [1.165, 1.54) is 141 Å². The molecule has 0 radical (unpaired) electrons. The molecule has 1 aromatic heterocycles. The molecule has 0 atom stereocenters. The summed E-state index contributed by atoms with van der Waals surface area (Å²) in [5, 5.41) is 0.550. The minimum atomic E-state index is -4.01. The average Bonchev–Trinajstić information content (AvgIpc) is 3.31. The summed E-state index contributed by atoms with van der Waals surface area (Å²) in [5.41, 5.74) is 1.12. The lowest BCUT2D eigenvalue weighted by molar-refractivity contribution is 0.0384. The lowest BCUT2D eigenvalue weighted by Crippen LogP contribution is -2.56. The number of unbranched alkanes of at least 4 members (excludes halogenated alkanes) is 17. The van der Waals surface area contributed by atoms with Crippen molar-refractivity contribution in [3.63, 3.8) is 0 Å². The number of hydrogen-bond acceptors (Lipinski definition) is 10. The van der Waals surface area contributed by atoms with Crippen LogP contribution in [0.25, 0.3) is 10.9 Å². The molecule has 3 saturated heterocycles. The molecule has 0 saturated carbocycles. The predicted octanol–water partition coefficient (Wildman–Crippen LogP) is 11.0. The number of rotatable bonds is 27. The first kappa shape index (κ1) is 50.6. The van der Waals surface area contributed by atoms with Gasteiger partial charge in [-0.05, 0) is 94.2 Å². The minimum absolute atomic E-state index is 0.110. The van der Waals surface area contributed by atoms with E-state index in [-0.39, 0.29) is 14.7 Å². The summed E-state index contributed by atoms with van der Waals surface area (Å²) in [6.45, 7) is 14.4. The second-order valence-electron chi connectivity index (χ2n) is 19.2. The van der Waals surface area contributed by atoms with E-state index in [2.05, 4.69) is 38.4 Å². The van der Waals surface area contributed by atoms with E-state index in [0.29, 0.717) is 54.1 Å². The fourth-order valence-electron chi connectivity index (χ4n) is 10.5. The van der Waals surface area contributed by atoms with Gasteiger partial charge in [0, 0.05) is 69.2 Å². The molecule has 2 aromatic carbocycles. The fraction of sp³-hybridized carbons (Fsp3) is 0.712. The van der Waals surface area contributed by atoms with Gasteiger partial charge in [0.25, 0.3) is 0 Å². The van der Waals surface area contributed by atoms with Gasteiger partial charge in [-0.2, -0.15) is 0 Å². The second kappa shape index (κ2) is 26.0. The summed E-state index contributed by atoms with van der Waals surface area (Å²) in [7, 11) is -7.55. The van der Waals surface area contributed by atoms with Crippen LogP contribution in [0.5, 0.6) is 5.75 Å². The van der Waals surface area contributed by atoms with E-state index >= 15 is 0 Å². The Kier molecular flexibility index (Phi) is 20.5. The first-order valence-electron chi connectivity index (χ1n) is 25.6. The van der Waals surface area contributed by atoms with Crippen LogP contribution in [0.2, 0.25) is 0 Å². The van der Waals surface area contributed by atoms with Crippen molar-refractivity contribution in [2.24, 2.45) is 0 Å². The van der Waals surface area contributed by atoms with Crippen molar-refractivity contribution < 1.29 is 21.6 Å². The monoisotopic (exact) mass is 922 g/mol. The van der Waals surface area contributed by atoms with Crippen LogP contribution in [-0.2, 0) is 19.7 Å². The number of aromatic nitrogens is 1. The van der Waals surface area contributed by atoms with E-state index < -0.39 is 19.7 Å². The largest absolute Gasteiger partial charge is 0.494 e. The number of sulfone groups is 2. The van der Waals surface area contributed by atoms with Gasteiger partial charge in [-0.1, -0.05) is 123 Å². The molecule has 0 spiro atoms. The van der Waals surface area contributed by atoms with Crippen LogP contribution in [0.4, 0.5) is 5.69 Å². The number of benzene rings is 2. The molecule has 12 heteroatoms. The van der Waals surface area contributed by atoms with Crippen molar-refractivity contribution in [3.8, 4) is 5.75 Å². The number of piperazine rings is 1. The molecule has 0 amide bonds. The van der Waals surface area contributed by atoms with Crippen molar-refractivity contribution >= 4 is 36.3 Å². The zero-order valence-electron chi connectivity index (χ0n) is 40.0. The first-order chi connectivity index (χ1) is 31.1. The van der Waals surface area contributed by atoms with E-state index in [9.17, 15) is 16.8 Å². The van der Waals surface area contributed by atoms with Crippen molar-refractivity contribution in [2.45, 2.75) is 182 Å². The predicted molar refractivity (Wildman–Crippen MR) is 265 cm³/mol. The Morgan fingerprint density at radius 3 is 1.53 bits per heavy atom. The lowest BCUT2D eigenvalue weighted by atomic mass is 9.99. The number of hydrogen-bond donors (Lipinski definition) is 0. The third-order valence-electron chi connectivity index (χ3n) is 14.6. The van der Waals surface area contributed by atoms with Gasteiger partial charge >= 0.3 is 0 Å². The Hall–Kier alpha value is -2.77. The van der Waals surface area contributed by atoms with E-state index in [0.717, 1.165) is 58.4 Å².